The average Bonchev–Trinajstić information content (AvgIpc) is 2.82. The van der Waals surface area contributed by atoms with E-state index in [0.29, 0.717) is 36.5 Å². The van der Waals surface area contributed by atoms with E-state index < -0.39 is 5.60 Å². The molecule has 0 radical (unpaired) electrons. The number of rotatable bonds is 4. The van der Waals surface area contributed by atoms with Gasteiger partial charge in [0, 0.05) is 18.3 Å². The number of aromatic amines is 1. The maximum Gasteiger partial charge on any atom is 0.347 e. The van der Waals surface area contributed by atoms with E-state index in [0.717, 1.165) is 0 Å². The van der Waals surface area contributed by atoms with Crippen molar-refractivity contribution in [2.75, 3.05) is 13.1 Å². The fourth-order valence-corrected chi connectivity index (χ4v) is 2.72. The number of aromatic nitrogens is 3. The lowest BCUT2D eigenvalue weighted by atomic mass is 9.71. The van der Waals surface area contributed by atoms with Crippen LogP contribution in [0.2, 0.25) is 0 Å². The quantitative estimate of drug-likeness (QED) is 0.566. The number of fused-ring (bicyclic) bond motifs is 1. The summed E-state index contributed by atoms with van der Waals surface area (Å²) in [6.07, 6.45) is 2.70. The average molecular weight is 291 g/mol. The molecular formula is C13H17N5O3. The molecule has 21 heavy (non-hydrogen) atoms. The van der Waals surface area contributed by atoms with Gasteiger partial charge in [-0.25, -0.2) is 9.89 Å². The van der Waals surface area contributed by atoms with Gasteiger partial charge >= 0.3 is 5.69 Å². The second-order valence-corrected chi connectivity index (χ2v) is 5.59. The molecule has 5 N–H and O–H groups in total. The van der Waals surface area contributed by atoms with E-state index in [1.807, 2.05) is 0 Å². The molecule has 0 atom stereocenters. The molecule has 0 spiro atoms. The van der Waals surface area contributed by atoms with Gasteiger partial charge in [-0.3, -0.25) is 9.20 Å². The number of nitrogens with zero attached hydrogens (tertiary/aromatic N) is 2. The van der Waals surface area contributed by atoms with Gasteiger partial charge in [-0.05, 0) is 37.4 Å². The summed E-state index contributed by atoms with van der Waals surface area (Å²) < 4.78 is 1.31. The number of carbonyl (C=O) groups excluding carboxylic acids is 1. The van der Waals surface area contributed by atoms with Gasteiger partial charge in [0.1, 0.15) is 0 Å². The number of hydrogen-bond donors (Lipinski definition) is 4. The van der Waals surface area contributed by atoms with E-state index in [1.54, 1.807) is 0 Å². The van der Waals surface area contributed by atoms with E-state index in [2.05, 4.69) is 15.5 Å². The molecule has 1 amide bonds. The van der Waals surface area contributed by atoms with Crippen LogP contribution in [0.25, 0.3) is 5.65 Å². The zero-order chi connectivity index (χ0) is 15.0. The van der Waals surface area contributed by atoms with Crippen LogP contribution < -0.4 is 16.7 Å². The highest BCUT2D eigenvalue weighted by Crippen LogP contribution is 2.36. The van der Waals surface area contributed by atoms with Crippen LogP contribution in [0.4, 0.5) is 0 Å². The van der Waals surface area contributed by atoms with Crippen LogP contribution in [0.3, 0.4) is 0 Å². The number of amides is 1. The molecule has 0 saturated heterocycles. The predicted octanol–water partition coefficient (Wildman–Crippen LogP) is -1.15. The number of H-pyrrole nitrogens is 1. The molecule has 0 aliphatic heterocycles. The van der Waals surface area contributed by atoms with Crippen molar-refractivity contribution in [3.63, 3.8) is 0 Å². The third-order valence-electron chi connectivity index (χ3n) is 3.93. The van der Waals surface area contributed by atoms with Crippen LogP contribution in [0.15, 0.2) is 23.1 Å². The summed E-state index contributed by atoms with van der Waals surface area (Å²) in [5.41, 5.74) is 5.08. The Bertz CT molecular complexity index is 729. The smallest absolute Gasteiger partial charge is 0.347 e. The number of pyridine rings is 1. The summed E-state index contributed by atoms with van der Waals surface area (Å²) in [5, 5.41) is 19.0. The van der Waals surface area contributed by atoms with Crippen molar-refractivity contribution in [1.29, 1.82) is 0 Å². The highest BCUT2D eigenvalue weighted by Gasteiger charge is 2.41. The van der Waals surface area contributed by atoms with Crippen molar-refractivity contribution < 1.29 is 9.90 Å². The van der Waals surface area contributed by atoms with Gasteiger partial charge in [-0.1, -0.05) is 0 Å². The molecule has 3 rings (SSSR count). The lowest BCUT2D eigenvalue weighted by molar-refractivity contribution is -0.0665. The van der Waals surface area contributed by atoms with Crippen molar-refractivity contribution in [3.05, 3.63) is 34.4 Å². The van der Waals surface area contributed by atoms with E-state index in [9.17, 15) is 14.7 Å². The fraction of sp³-hybridized carbons (Fsp3) is 0.462. The summed E-state index contributed by atoms with van der Waals surface area (Å²) in [6, 6.07) is 3.05. The molecule has 8 nitrogen and oxygen atoms in total. The number of aliphatic hydroxyl groups is 1. The molecule has 0 aromatic carbocycles. The van der Waals surface area contributed by atoms with Crippen molar-refractivity contribution >= 4 is 11.6 Å². The first-order valence-electron chi connectivity index (χ1n) is 6.78. The fourth-order valence-electron chi connectivity index (χ4n) is 2.72. The minimum atomic E-state index is -0.854. The summed E-state index contributed by atoms with van der Waals surface area (Å²) in [5.74, 6) is 0.0248. The summed E-state index contributed by atoms with van der Waals surface area (Å²) in [6.45, 7) is 0.752. The molecule has 8 heteroatoms. The number of hydrogen-bond acceptors (Lipinski definition) is 5. The van der Waals surface area contributed by atoms with Crippen LogP contribution in [-0.2, 0) is 0 Å². The van der Waals surface area contributed by atoms with Gasteiger partial charge in [0.05, 0.1) is 5.60 Å². The summed E-state index contributed by atoms with van der Waals surface area (Å²) in [4.78, 5) is 23.4. The standard InChI is InChI=1S/C13H17N5O3/c14-6-8-4-13(21,5-8)7-15-11(19)9-1-2-18-10(3-9)16-17-12(18)20/h1-3,8,21H,4-7,14H2,(H,15,19)(H,17,20). The Hall–Kier alpha value is -2.19. The molecule has 112 valence electrons. The Morgan fingerprint density at radius 2 is 2.38 bits per heavy atom. The zero-order valence-corrected chi connectivity index (χ0v) is 11.4. The minimum absolute atomic E-state index is 0.195. The Kier molecular flexibility index (Phi) is 3.26. The van der Waals surface area contributed by atoms with Crippen LogP contribution in [0.1, 0.15) is 23.2 Å². The lowest BCUT2D eigenvalue weighted by Gasteiger charge is -2.43. The third-order valence-corrected chi connectivity index (χ3v) is 3.93. The maximum absolute atomic E-state index is 12.1. The Labute approximate surface area is 120 Å². The zero-order valence-electron chi connectivity index (χ0n) is 11.4. The monoisotopic (exact) mass is 291 g/mol. The highest BCUT2D eigenvalue weighted by atomic mass is 16.3. The van der Waals surface area contributed by atoms with Gasteiger partial charge in [0.15, 0.2) is 5.65 Å². The van der Waals surface area contributed by atoms with Crippen molar-refractivity contribution in [1.82, 2.24) is 19.9 Å². The molecular weight excluding hydrogens is 274 g/mol. The largest absolute Gasteiger partial charge is 0.388 e. The molecule has 2 aromatic rings. The van der Waals surface area contributed by atoms with Crippen LogP contribution in [0, 0.1) is 5.92 Å². The Morgan fingerprint density at radius 1 is 1.62 bits per heavy atom. The number of nitrogens with two attached hydrogens (primary N) is 1. The molecule has 1 fully saturated rings. The topological polar surface area (TPSA) is 126 Å². The normalized spacial score (nSPS) is 24.8. The second kappa shape index (κ2) is 4.97. The SMILES string of the molecule is NCC1CC(O)(CNC(=O)c2ccn3c(=O)[nH]nc3c2)C1. The van der Waals surface area contributed by atoms with Crippen LogP contribution in [0.5, 0.6) is 0 Å². The highest BCUT2D eigenvalue weighted by molar-refractivity contribution is 5.95. The number of carbonyl (C=O) groups is 1. The first-order valence-corrected chi connectivity index (χ1v) is 6.78. The summed E-state index contributed by atoms with van der Waals surface area (Å²) in [7, 11) is 0. The second-order valence-electron chi connectivity index (χ2n) is 5.59. The van der Waals surface area contributed by atoms with Crippen molar-refractivity contribution in [2.24, 2.45) is 11.7 Å². The molecule has 1 saturated carbocycles. The van der Waals surface area contributed by atoms with Gasteiger partial charge < -0.3 is 16.2 Å². The van der Waals surface area contributed by atoms with E-state index >= 15 is 0 Å². The van der Waals surface area contributed by atoms with Gasteiger partial charge in [-0.2, -0.15) is 5.10 Å². The molecule has 2 aromatic heterocycles. The Morgan fingerprint density at radius 3 is 3.10 bits per heavy atom. The first-order chi connectivity index (χ1) is 10.0. The number of nitrogens with one attached hydrogen (secondary N) is 2. The molecule has 0 unspecified atom stereocenters. The maximum atomic E-state index is 12.1. The van der Waals surface area contributed by atoms with Crippen molar-refractivity contribution in [2.45, 2.75) is 18.4 Å². The van der Waals surface area contributed by atoms with Gasteiger partial charge in [0.2, 0.25) is 0 Å². The van der Waals surface area contributed by atoms with Crippen LogP contribution in [-0.4, -0.2) is 44.3 Å². The van der Waals surface area contributed by atoms with Crippen LogP contribution >= 0.6 is 0 Å². The molecule has 1 aliphatic carbocycles. The molecule has 0 bridgehead atoms. The van der Waals surface area contributed by atoms with Crippen molar-refractivity contribution in [3.8, 4) is 0 Å². The first kappa shape index (κ1) is 13.8. The molecule has 1 aliphatic rings. The van der Waals surface area contributed by atoms with E-state index in [-0.39, 0.29) is 18.1 Å². The third kappa shape index (κ3) is 2.55. The van der Waals surface area contributed by atoms with Gasteiger partial charge in [0.25, 0.3) is 5.91 Å². The molecule has 2 heterocycles. The van der Waals surface area contributed by atoms with E-state index in [4.69, 9.17) is 5.73 Å². The minimum Gasteiger partial charge on any atom is -0.388 e. The van der Waals surface area contributed by atoms with E-state index in [1.165, 1.54) is 22.7 Å². The predicted molar refractivity (Wildman–Crippen MR) is 74.9 cm³/mol. The summed E-state index contributed by atoms with van der Waals surface area (Å²) >= 11 is 0. The Balaban J connectivity index is 1.66. The van der Waals surface area contributed by atoms with Gasteiger partial charge in [-0.15, -0.1) is 0 Å². The lowest BCUT2D eigenvalue weighted by Crippen LogP contribution is -2.53.